The van der Waals surface area contributed by atoms with E-state index in [-0.39, 0.29) is 0 Å². The normalized spacial score (nSPS) is 24.6. The Hall–Kier alpha value is -0.830. The van der Waals surface area contributed by atoms with Crippen molar-refractivity contribution >= 4 is 0 Å². The molecule has 1 saturated carbocycles. The molecule has 15 heavy (non-hydrogen) atoms. The maximum Gasteiger partial charge on any atom is 0.208 e. The summed E-state index contributed by atoms with van der Waals surface area (Å²) in [4.78, 5) is 4.18. The molecule has 1 aliphatic carbocycles. The molecule has 0 bridgehead atoms. The highest BCUT2D eigenvalue weighted by atomic mass is 16.4. The summed E-state index contributed by atoms with van der Waals surface area (Å²) in [6, 6.07) is 0.632. The van der Waals surface area contributed by atoms with Crippen LogP contribution in [-0.4, -0.2) is 11.0 Å². The van der Waals surface area contributed by atoms with Crippen molar-refractivity contribution in [3.05, 3.63) is 17.8 Å². The highest BCUT2D eigenvalue weighted by Crippen LogP contribution is 2.36. The maximum absolute atomic E-state index is 5.42. The van der Waals surface area contributed by atoms with E-state index in [9.17, 15) is 0 Å². The lowest BCUT2D eigenvalue weighted by molar-refractivity contribution is 0.357. The van der Waals surface area contributed by atoms with Crippen molar-refractivity contribution < 1.29 is 4.42 Å². The van der Waals surface area contributed by atoms with Gasteiger partial charge in [-0.05, 0) is 31.6 Å². The maximum atomic E-state index is 5.42. The molecule has 3 heteroatoms. The van der Waals surface area contributed by atoms with Gasteiger partial charge >= 0.3 is 0 Å². The first-order valence-electron chi connectivity index (χ1n) is 5.70. The van der Waals surface area contributed by atoms with Crippen molar-refractivity contribution in [1.29, 1.82) is 0 Å². The van der Waals surface area contributed by atoms with E-state index in [0.717, 1.165) is 18.2 Å². The number of aryl methyl sites for hydroxylation is 1. The van der Waals surface area contributed by atoms with Crippen molar-refractivity contribution in [1.82, 2.24) is 10.3 Å². The summed E-state index contributed by atoms with van der Waals surface area (Å²) in [5, 5.41) is 3.51. The van der Waals surface area contributed by atoms with E-state index in [1.54, 1.807) is 6.20 Å². The fourth-order valence-electron chi connectivity index (χ4n) is 2.33. The Balaban J connectivity index is 1.80. The van der Waals surface area contributed by atoms with Crippen molar-refractivity contribution in [3.63, 3.8) is 0 Å². The second-order valence-electron chi connectivity index (χ2n) is 5.35. The van der Waals surface area contributed by atoms with Gasteiger partial charge in [0.25, 0.3) is 0 Å². The Kier molecular flexibility index (Phi) is 2.83. The molecule has 0 amide bonds. The van der Waals surface area contributed by atoms with E-state index in [4.69, 9.17) is 4.42 Å². The standard InChI is InChI=1S/C12H20N2O/c1-9-7-14-11(15-9)8-13-10-4-5-12(2,3)6-10/h7,10,13H,4-6,8H2,1-3H3. The first kappa shape index (κ1) is 10.7. The van der Waals surface area contributed by atoms with Crippen LogP contribution in [0.4, 0.5) is 0 Å². The van der Waals surface area contributed by atoms with Gasteiger partial charge in [0, 0.05) is 6.04 Å². The zero-order valence-electron chi connectivity index (χ0n) is 9.84. The van der Waals surface area contributed by atoms with Crippen molar-refractivity contribution in [2.45, 2.75) is 52.6 Å². The molecule has 0 radical (unpaired) electrons. The summed E-state index contributed by atoms with van der Waals surface area (Å²) < 4.78 is 5.42. The molecule has 0 aromatic carbocycles. The van der Waals surface area contributed by atoms with E-state index in [1.807, 2.05) is 6.92 Å². The number of rotatable bonds is 3. The lowest BCUT2D eigenvalue weighted by Crippen LogP contribution is -2.26. The van der Waals surface area contributed by atoms with Crippen LogP contribution in [0, 0.1) is 12.3 Å². The SMILES string of the molecule is Cc1cnc(CNC2CCC(C)(C)C2)o1. The van der Waals surface area contributed by atoms with Crippen molar-refractivity contribution in [2.24, 2.45) is 5.41 Å². The van der Waals surface area contributed by atoms with Crippen molar-refractivity contribution in [2.75, 3.05) is 0 Å². The molecule has 1 heterocycles. The van der Waals surface area contributed by atoms with Gasteiger partial charge in [-0.1, -0.05) is 13.8 Å². The van der Waals surface area contributed by atoms with Crippen LogP contribution in [0.25, 0.3) is 0 Å². The van der Waals surface area contributed by atoms with Gasteiger partial charge in [-0.25, -0.2) is 4.98 Å². The Morgan fingerprint density at radius 1 is 1.60 bits per heavy atom. The van der Waals surface area contributed by atoms with Gasteiger partial charge < -0.3 is 9.73 Å². The Morgan fingerprint density at radius 2 is 2.40 bits per heavy atom. The number of nitrogens with one attached hydrogen (secondary N) is 1. The predicted octanol–water partition coefficient (Wildman–Crippen LogP) is 2.65. The van der Waals surface area contributed by atoms with Crippen LogP contribution in [0.3, 0.4) is 0 Å². The number of nitrogens with zero attached hydrogens (tertiary/aromatic N) is 1. The molecule has 1 unspecified atom stereocenters. The first-order valence-corrected chi connectivity index (χ1v) is 5.70. The van der Waals surface area contributed by atoms with Crippen LogP contribution in [0.1, 0.15) is 44.8 Å². The quantitative estimate of drug-likeness (QED) is 0.829. The lowest BCUT2D eigenvalue weighted by atomic mass is 9.92. The van der Waals surface area contributed by atoms with Gasteiger partial charge in [0.15, 0.2) is 0 Å². The topological polar surface area (TPSA) is 38.1 Å². The van der Waals surface area contributed by atoms with Crippen molar-refractivity contribution in [3.8, 4) is 0 Å². The number of hydrogen-bond donors (Lipinski definition) is 1. The van der Waals surface area contributed by atoms with E-state index < -0.39 is 0 Å². The Bertz CT molecular complexity index is 330. The Labute approximate surface area is 91.3 Å². The highest BCUT2D eigenvalue weighted by molar-refractivity contribution is 4.92. The molecule has 1 aliphatic rings. The van der Waals surface area contributed by atoms with E-state index in [1.165, 1.54) is 19.3 Å². The number of oxazole rings is 1. The minimum atomic E-state index is 0.504. The zero-order chi connectivity index (χ0) is 10.9. The van der Waals surface area contributed by atoms with E-state index >= 15 is 0 Å². The molecule has 2 rings (SSSR count). The number of hydrogen-bond acceptors (Lipinski definition) is 3. The summed E-state index contributed by atoms with van der Waals surface area (Å²) in [5.74, 6) is 1.69. The fraction of sp³-hybridized carbons (Fsp3) is 0.750. The average molecular weight is 208 g/mol. The van der Waals surface area contributed by atoms with E-state index in [0.29, 0.717) is 11.5 Å². The molecule has 84 valence electrons. The molecule has 0 saturated heterocycles. The fourth-order valence-corrected chi connectivity index (χ4v) is 2.33. The predicted molar refractivity (Wildman–Crippen MR) is 59.5 cm³/mol. The third kappa shape index (κ3) is 2.81. The van der Waals surface area contributed by atoms with E-state index in [2.05, 4.69) is 24.1 Å². The van der Waals surface area contributed by atoms with Crippen LogP contribution in [-0.2, 0) is 6.54 Å². The minimum absolute atomic E-state index is 0.504. The summed E-state index contributed by atoms with van der Waals surface area (Å²) >= 11 is 0. The second kappa shape index (κ2) is 3.97. The molecular weight excluding hydrogens is 188 g/mol. The monoisotopic (exact) mass is 208 g/mol. The molecule has 1 fully saturated rings. The summed E-state index contributed by atoms with van der Waals surface area (Å²) in [6.45, 7) is 7.36. The first-order chi connectivity index (χ1) is 7.05. The minimum Gasteiger partial charge on any atom is -0.445 e. The molecule has 1 N–H and O–H groups in total. The molecular formula is C12H20N2O. The second-order valence-corrected chi connectivity index (χ2v) is 5.35. The van der Waals surface area contributed by atoms with Crippen LogP contribution >= 0.6 is 0 Å². The van der Waals surface area contributed by atoms with Crippen LogP contribution in [0.5, 0.6) is 0 Å². The largest absolute Gasteiger partial charge is 0.445 e. The summed E-state index contributed by atoms with van der Waals surface area (Å²) in [7, 11) is 0. The molecule has 3 nitrogen and oxygen atoms in total. The highest BCUT2D eigenvalue weighted by Gasteiger charge is 2.30. The van der Waals surface area contributed by atoms with Crippen LogP contribution < -0.4 is 5.32 Å². The average Bonchev–Trinajstić information content (AvgIpc) is 2.69. The summed E-state index contributed by atoms with van der Waals surface area (Å²) in [6.07, 6.45) is 5.62. The number of aromatic nitrogens is 1. The van der Waals surface area contributed by atoms with Gasteiger partial charge in [-0.3, -0.25) is 0 Å². The van der Waals surface area contributed by atoms with Crippen LogP contribution in [0.2, 0.25) is 0 Å². The molecule has 1 aromatic heterocycles. The smallest absolute Gasteiger partial charge is 0.208 e. The van der Waals surface area contributed by atoms with Gasteiger partial charge in [0.1, 0.15) is 5.76 Å². The molecule has 1 aromatic rings. The summed E-state index contributed by atoms with van der Waals surface area (Å²) in [5.41, 5.74) is 0.504. The lowest BCUT2D eigenvalue weighted by Gasteiger charge is -2.17. The van der Waals surface area contributed by atoms with Gasteiger partial charge in [-0.15, -0.1) is 0 Å². The third-order valence-corrected chi connectivity index (χ3v) is 3.18. The third-order valence-electron chi connectivity index (χ3n) is 3.18. The van der Waals surface area contributed by atoms with Gasteiger partial charge in [0.05, 0.1) is 12.7 Å². The van der Waals surface area contributed by atoms with Gasteiger partial charge in [-0.2, -0.15) is 0 Å². The molecule has 1 atom stereocenters. The molecule has 0 spiro atoms. The zero-order valence-corrected chi connectivity index (χ0v) is 9.84. The Morgan fingerprint density at radius 3 is 2.93 bits per heavy atom. The van der Waals surface area contributed by atoms with Crippen LogP contribution in [0.15, 0.2) is 10.6 Å². The molecule has 0 aliphatic heterocycles. The van der Waals surface area contributed by atoms with Gasteiger partial charge in [0.2, 0.25) is 5.89 Å².